The summed E-state index contributed by atoms with van der Waals surface area (Å²) in [5, 5.41) is 8.01. The quantitative estimate of drug-likeness (QED) is 0.756. The molecule has 0 atom stereocenters. The van der Waals surface area contributed by atoms with Gasteiger partial charge < -0.3 is 10.6 Å². The van der Waals surface area contributed by atoms with E-state index in [0.717, 1.165) is 51.9 Å². The van der Waals surface area contributed by atoms with Crippen LogP contribution < -0.4 is 10.6 Å². The van der Waals surface area contributed by atoms with Gasteiger partial charge in [-0.15, -0.1) is 5.10 Å². The predicted molar refractivity (Wildman–Crippen MR) is 89.0 cm³/mol. The van der Waals surface area contributed by atoms with E-state index in [0.29, 0.717) is 6.04 Å². The van der Waals surface area contributed by atoms with Crippen LogP contribution in [0.4, 0.5) is 5.95 Å². The molecule has 1 fully saturated rings. The molecule has 2 heterocycles. The molecule has 1 saturated heterocycles. The third-order valence-corrected chi connectivity index (χ3v) is 5.06. The van der Waals surface area contributed by atoms with Crippen LogP contribution in [0.1, 0.15) is 12.8 Å². The second kappa shape index (κ2) is 5.87. The smallest absolute Gasteiger partial charge is 0.245 e. The van der Waals surface area contributed by atoms with Crippen LogP contribution in [0.3, 0.4) is 0 Å². The fraction of sp³-hybridized carbons (Fsp3) is 0.385. The average molecular weight is 404 g/mol. The molecule has 0 bridgehead atoms. The summed E-state index contributed by atoms with van der Waals surface area (Å²) in [7, 11) is 0. The van der Waals surface area contributed by atoms with E-state index in [1.54, 1.807) is 0 Å². The summed E-state index contributed by atoms with van der Waals surface area (Å²) < 4.78 is 1.03. The molecule has 0 aliphatic carbocycles. The number of nitrogens with zero attached hydrogens (tertiary/aromatic N) is 3. The Morgan fingerprint density at radius 1 is 1.35 bits per heavy atom. The largest absolute Gasteiger partial charge is 0.339 e. The number of hydrogen-bond acceptors (Lipinski definition) is 4. The van der Waals surface area contributed by atoms with E-state index in [9.17, 15) is 0 Å². The van der Waals surface area contributed by atoms with Crippen molar-refractivity contribution in [3.63, 3.8) is 0 Å². The van der Waals surface area contributed by atoms with Gasteiger partial charge in [-0.25, -0.2) is 0 Å². The Bertz CT molecular complexity index is 607. The maximum Gasteiger partial charge on any atom is 0.245 e. The predicted octanol–water partition coefficient (Wildman–Crippen LogP) is 2.66. The SMILES string of the molecule is NC1CCN(c2n[nH]c(-c3ccc(I)c(Cl)c3)n2)CC1. The summed E-state index contributed by atoms with van der Waals surface area (Å²) in [4.78, 5) is 6.72. The van der Waals surface area contributed by atoms with Crippen molar-refractivity contribution in [2.75, 3.05) is 18.0 Å². The van der Waals surface area contributed by atoms with Gasteiger partial charge in [-0.2, -0.15) is 4.98 Å². The molecule has 1 aromatic heterocycles. The molecular formula is C13H15ClIN5. The van der Waals surface area contributed by atoms with Gasteiger partial charge in [0, 0.05) is 28.3 Å². The zero-order chi connectivity index (χ0) is 14.1. The number of rotatable bonds is 2. The minimum atomic E-state index is 0.305. The lowest BCUT2D eigenvalue weighted by Gasteiger charge is -2.28. The first-order valence-corrected chi connectivity index (χ1v) is 7.97. The normalized spacial score (nSPS) is 16.6. The number of benzene rings is 1. The highest BCUT2D eigenvalue weighted by Gasteiger charge is 2.19. The fourth-order valence-electron chi connectivity index (χ4n) is 2.27. The molecule has 2 aromatic rings. The number of halogens is 2. The van der Waals surface area contributed by atoms with E-state index >= 15 is 0 Å². The monoisotopic (exact) mass is 403 g/mol. The third kappa shape index (κ3) is 2.91. The first-order valence-electron chi connectivity index (χ1n) is 6.52. The maximum atomic E-state index is 6.14. The fourth-order valence-corrected chi connectivity index (χ4v) is 2.78. The Hall–Kier alpha value is -0.860. The van der Waals surface area contributed by atoms with Gasteiger partial charge in [-0.05, 0) is 47.6 Å². The average Bonchev–Trinajstić information content (AvgIpc) is 2.92. The zero-order valence-electron chi connectivity index (χ0n) is 10.8. The van der Waals surface area contributed by atoms with Gasteiger partial charge in [0.05, 0.1) is 5.02 Å². The van der Waals surface area contributed by atoms with E-state index in [2.05, 4.69) is 42.7 Å². The first-order chi connectivity index (χ1) is 9.63. The molecule has 5 nitrogen and oxygen atoms in total. The molecule has 20 heavy (non-hydrogen) atoms. The van der Waals surface area contributed by atoms with Crippen molar-refractivity contribution in [2.45, 2.75) is 18.9 Å². The van der Waals surface area contributed by atoms with Gasteiger partial charge in [0.15, 0.2) is 5.82 Å². The van der Waals surface area contributed by atoms with Crippen molar-refractivity contribution in [3.05, 3.63) is 26.8 Å². The molecule has 0 amide bonds. The number of anilines is 1. The lowest BCUT2D eigenvalue weighted by molar-refractivity contribution is 0.496. The van der Waals surface area contributed by atoms with Crippen LogP contribution >= 0.6 is 34.2 Å². The van der Waals surface area contributed by atoms with E-state index in [-0.39, 0.29) is 0 Å². The highest BCUT2D eigenvalue weighted by Crippen LogP contribution is 2.25. The minimum absolute atomic E-state index is 0.305. The molecule has 0 saturated carbocycles. The summed E-state index contributed by atoms with van der Waals surface area (Å²) in [5.41, 5.74) is 6.86. The Kier molecular flexibility index (Phi) is 4.13. The molecule has 1 aliphatic rings. The Balaban J connectivity index is 1.81. The van der Waals surface area contributed by atoms with Crippen molar-refractivity contribution in [2.24, 2.45) is 5.73 Å². The van der Waals surface area contributed by atoms with Crippen LogP contribution in [0.25, 0.3) is 11.4 Å². The highest BCUT2D eigenvalue weighted by atomic mass is 127. The summed E-state index contributed by atoms with van der Waals surface area (Å²) in [6.07, 6.45) is 1.97. The van der Waals surface area contributed by atoms with Gasteiger partial charge >= 0.3 is 0 Å². The summed E-state index contributed by atoms with van der Waals surface area (Å²) in [5.74, 6) is 1.48. The number of hydrogen-bond donors (Lipinski definition) is 2. The maximum absolute atomic E-state index is 6.14. The van der Waals surface area contributed by atoms with Crippen LogP contribution in [0.2, 0.25) is 5.02 Å². The number of aromatic amines is 1. The van der Waals surface area contributed by atoms with Crippen molar-refractivity contribution < 1.29 is 0 Å². The molecule has 0 spiro atoms. The molecule has 7 heteroatoms. The molecule has 3 N–H and O–H groups in total. The Morgan fingerprint density at radius 3 is 2.80 bits per heavy atom. The molecule has 106 valence electrons. The minimum Gasteiger partial charge on any atom is -0.339 e. The molecule has 3 rings (SSSR count). The second-order valence-electron chi connectivity index (χ2n) is 4.94. The van der Waals surface area contributed by atoms with Crippen molar-refractivity contribution in [1.82, 2.24) is 15.2 Å². The van der Waals surface area contributed by atoms with E-state index in [4.69, 9.17) is 17.3 Å². The van der Waals surface area contributed by atoms with Crippen LogP contribution in [0.15, 0.2) is 18.2 Å². The molecule has 1 aromatic carbocycles. The molecule has 0 unspecified atom stereocenters. The van der Waals surface area contributed by atoms with E-state index < -0.39 is 0 Å². The summed E-state index contributed by atoms with van der Waals surface area (Å²) in [6, 6.07) is 6.17. The lowest BCUT2D eigenvalue weighted by Crippen LogP contribution is -2.40. The second-order valence-corrected chi connectivity index (χ2v) is 6.51. The molecule has 0 radical (unpaired) electrons. The first kappa shape index (κ1) is 14.1. The zero-order valence-corrected chi connectivity index (χ0v) is 13.7. The van der Waals surface area contributed by atoms with Crippen molar-refractivity contribution in [1.29, 1.82) is 0 Å². The van der Waals surface area contributed by atoms with Crippen molar-refractivity contribution in [3.8, 4) is 11.4 Å². The van der Waals surface area contributed by atoms with Gasteiger partial charge in [0.25, 0.3) is 0 Å². The summed E-state index contributed by atoms with van der Waals surface area (Å²) >= 11 is 8.35. The van der Waals surface area contributed by atoms with Crippen molar-refractivity contribution >= 4 is 40.1 Å². The van der Waals surface area contributed by atoms with Crippen LogP contribution in [-0.4, -0.2) is 34.3 Å². The molecule has 1 aliphatic heterocycles. The Labute approximate surface area is 136 Å². The van der Waals surface area contributed by atoms with Gasteiger partial charge in [-0.1, -0.05) is 17.7 Å². The lowest BCUT2D eigenvalue weighted by atomic mass is 10.1. The van der Waals surface area contributed by atoms with E-state index in [1.165, 1.54) is 0 Å². The van der Waals surface area contributed by atoms with E-state index in [1.807, 2.05) is 18.2 Å². The molecular weight excluding hydrogens is 389 g/mol. The number of H-pyrrole nitrogens is 1. The van der Waals surface area contributed by atoms with Gasteiger partial charge in [0.1, 0.15) is 0 Å². The number of aromatic nitrogens is 3. The number of piperidine rings is 1. The van der Waals surface area contributed by atoms with Gasteiger partial charge in [-0.3, -0.25) is 5.10 Å². The Morgan fingerprint density at radius 2 is 2.10 bits per heavy atom. The summed E-state index contributed by atoms with van der Waals surface area (Å²) in [6.45, 7) is 1.82. The standard InChI is InChI=1S/C13H15ClIN5/c14-10-7-8(1-2-11(10)15)12-17-13(19-18-12)20-5-3-9(16)4-6-20/h1-2,7,9H,3-6,16H2,(H,17,18,19). The number of nitrogens with two attached hydrogens (primary N) is 1. The van der Waals surface area contributed by atoms with Crippen LogP contribution in [0, 0.1) is 3.57 Å². The highest BCUT2D eigenvalue weighted by molar-refractivity contribution is 14.1. The third-order valence-electron chi connectivity index (χ3n) is 3.49. The topological polar surface area (TPSA) is 70.8 Å². The van der Waals surface area contributed by atoms with Crippen LogP contribution in [0.5, 0.6) is 0 Å². The number of nitrogens with one attached hydrogen (secondary N) is 1. The van der Waals surface area contributed by atoms with Gasteiger partial charge in [0.2, 0.25) is 5.95 Å². The van der Waals surface area contributed by atoms with Crippen LogP contribution in [-0.2, 0) is 0 Å².